The Kier molecular flexibility index (Phi) is 7.97. The van der Waals surface area contributed by atoms with Crippen LogP contribution in [-0.4, -0.2) is 10.2 Å². The van der Waals surface area contributed by atoms with Gasteiger partial charge in [-0.1, -0.05) is 46.4 Å². The molecule has 2 aliphatic rings. The van der Waals surface area contributed by atoms with Crippen LogP contribution in [0.15, 0.2) is 21.3 Å². The van der Waals surface area contributed by atoms with Crippen molar-refractivity contribution in [3.63, 3.8) is 0 Å². The molecule has 0 saturated heterocycles. The molecule has 0 bridgehead atoms. The van der Waals surface area contributed by atoms with Gasteiger partial charge < -0.3 is 14.6 Å². The van der Waals surface area contributed by atoms with Gasteiger partial charge >= 0.3 is 0 Å². The number of halogens is 8. The van der Waals surface area contributed by atoms with E-state index in [1.807, 2.05) is 90.4 Å². The van der Waals surface area contributed by atoms with E-state index in [0.717, 1.165) is 0 Å². The number of aliphatic hydroxyl groups excluding tert-OH is 1. The Labute approximate surface area is 255 Å². The van der Waals surface area contributed by atoms with Gasteiger partial charge in [0, 0.05) is 27.6 Å². The van der Waals surface area contributed by atoms with Gasteiger partial charge in [0.25, 0.3) is 0 Å². The van der Waals surface area contributed by atoms with Crippen LogP contribution in [0.2, 0.25) is 20.1 Å². The van der Waals surface area contributed by atoms with Crippen LogP contribution in [0.5, 0.6) is 5.75 Å². The smallest absolute Gasteiger partial charge is 0.209 e. The van der Waals surface area contributed by atoms with Gasteiger partial charge in [-0.25, -0.2) is 0 Å². The Morgan fingerprint density at radius 1 is 0.844 bits per heavy atom. The molecule has 32 heavy (non-hydrogen) atoms. The summed E-state index contributed by atoms with van der Waals surface area (Å²) in [6.07, 6.45) is 0. The van der Waals surface area contributed by atoms with Crippen molar-refractivity contribution < 1.29 is 14.6 Å². The molecule has 4 rings (SSSR count). The number of hydrogen-bond acceptors (Lipinski definition) is 4. The van der Waals surface area contributed by atoms with Crippen LogP contribution in [0, 0.1) is 14.3 Å². The summed E-state index contributed by atoms with van der Waals surface area (Å²) < 4.78 is 8.04. The zero-order valence-electron chi connectivity index (χ0n) is 15.1. The molecule has 0 spiro atoms. The second kappa shape index (κ2) is 9.79. The minimum Gasteiger partial charge on any atom is -0.506 e. The fourth-order valence-corrected chi connectivity index (χ4v) is 7.97. The Morgan fingerprint density at radius 2 is 1.47 bits per heavy atom. The standard InChI is InChI=1S/C20H6Cl4I4O4/c21-11-6(3-29)10(12(22)14(24)13(11)23)9-4-1-7(25)17(30)15(27)19(4)32-20-5(9)2-8(26)18(31)16(20)28/h1-2,29-30H,3H2. The molecule has 0 saturated carbocycles. The number of benzene rings is 3. The third kappa shape index (κ3) is 4.04. The largest absolute Gasteiger partial charge is 0.506 e. The molecule has 1 heterocycles. The molecule has 1 aliphatic heterocycles. The number of phenols is 1. The molecular formula is C20H6Cl4I4O4. The second-order valence-corrected chi connectivity index (χ2v) is 12.5. The topological polar surface area (TPSA) is 70.7 Å². The molecule has 0 aromatic heterocycles. The lowest BCUT2D eigenvalue weighted by Crippen LogP contribution is -2.12. The highest BCUT2D eigenvalue weighted by Crippen LogP contribution is 2.52. The van der Waals surface area contributed by atoms with Crippen molar-refractivity contribution in [1.82, 2.24) is 0 Å². The van der Waals surface area contributed by atoms with E-state index in [4.69, 9.17) is 50.8 Å². The quantitative estimate of drug-likeness (QED) is 0.0914. The number of hydrogen-bond donors (Lipinski definition) is 2. The zero-order chi connectivity index (χ0) is 23.6. The first-order valence-corrected chi connectivity index (χ1v) is 14.2. The third-order valence-corrected chi connectivity index (χ3v) is 10.2. The van der Waals surface area contributed by atoms with E-state index in [1.165, 1.54) is 0 Å². The maximum absolute atomic E-state index is 12.7. The summed E-state index contributed by atoms with van der Waals surface area (Å²) in [6, 6.07) is 3.43. The maximum Gasteiger partial charge on any atom is 0.209 e. The molecular weight excluding hydrogens is 954 g/mol. The van der Waals surface area contributed by atoms with Gasteiger partial charge in [-0.15, -0.1) is 0 Å². The van der Waals surface area contributed by atoms with E-state index in [-0.39, 0.29) is 36.8 Å². The summed E-state index contributed by atoms with van der Waals surface area (Å²) in [7, 11) is 0. The molecule has 166 valence electrons. The summed E-state index contributed by atoms with van der Waals surface area (Å²) in [6.45, 7) is -0.458. The fraction of sp³-hybridized carbons (Fsp3) is 0.0500. The molecule has 2 aromatic rings. The van der Waals surface area contributed by atoms with Gasteiger partial charge in [-0.2, -0.15) is 0 Å². The summed E-state index contributed by atoms with van der Waals surface area (Å²) in [5, 5.41) is 21.6. The Hall–Kier alpha value is 0.970. The van der Waals surface area contributed by atoms with E-state index in [2.05, 4.69) is 0 Å². The average Bonchev–Trinajstić information content (AvgIpc) is 2.76. The number of aromatic hydroxyl groups is 1. The van der Waals surface area contributed by atoms with Crippen molar-refractivity contribution in [3.05, 3.63) is 62.3 Å². The zero-order valence-corrected chi connectivity index (χ0v) is 26.8. The van der Waals surface area contributed by atoms with Crippen LogP contribution in [-0.2, 0) is 6.61 Å². The van der Waals surface area contributed by atoms with Crippen LogP contribution < -0.4 is 5.43 Å². The first-order chi connectivity index (χ1) is 15.0. The van der Waals surface area contributed by atoms with Crippen molar-refractivity contribution in [3.8, 4) is 28.2 Å². The lowest BCUT2D eigenvalue weighted by Gasteiger charge is -2.22. The predicted octanol–water partition coefficient (Wildman–Crippen LogP) is 8.79. The second-order valence-electron chi connectivity index (χ2n) is 6.52. The van der Waals surface area contributed by atoms with Gasteiger partial charge in [0.05, 0.1) is 37.4 Å². The van der Waals surface area contributed by atoms with Gasteiger partial charge in [0.1, 0.15) is 9.32 Å². The monoisotopic (exact) mass is 958 g/mol. The molecule has 2 aromatic carbocycles. The summed E-state index contributed by atoms with van der Waals surface area (Å²) in [5.41, 5.74) is 1.97. The molecule has 0 unspecified atom stereocenters. The van der Waals surface area contributed by atoms with Crippen molar-refractivity contribution >= 4 is 148 Å². The lowest BCUT2D eigenvalue weighted by molar-refractivity contribution is 0.282. The summed E-state index contributed by atoms with van der Waals surface area (Å²) >= 11 is 33.7. The first-order valence-electron chi connectivity index (χ1n) is 8.42. The minimum atomic E-state index is -0.458. The highest BCUT2D eigenvalue weighted by atomic mass is 127. The summed E-state index contributed by atoms with van der Waals surface area (Å²) in [4.78, 5) is 12.7. The van der Waals surface area contributed by atoms with Crippen LogP contribution in [0.3, 0.4) is 0 Å². The Bertz CT molecular complexity index is 1490. The molecule has 2 N–H and O–H groups in total. The highest BCUT2D eigenvalue weighted by molar-refractivity contribution is 14.1. The molecule has 0 radical (unpaired) electrons. The minimum absolute atomic E-state index is 0.0353. The predicted molar refractivity (Wildman–Crippen MR) is 163 cm³/mol. The van der Waals surface area contributed by atoms with Crippen molar-refractivity contribution in [2.75, 3.05) is 0 Å². The Balaban J connectivity index is 2.40. The van der Waals surface area contributed by atoms with E-state index in [0.29, 0.717) is 47.7 Å². The number of aliphatic hydroxyl groups is 1. The van der Waals surface area contributed by atoms with Crippen molar-refractivity contribution in [1.29, 1.82) is 0 Å². The van der Waals surface area contributed by atoms with E-state index in [1.54, 1.807) is 12.1 Å². The van der Waals surface area contributed by atoms with Crippen molar-refractivity contribution in [2.24, 2.45) is 0 Å². The SMILES string of the molecule is O=c1c(I)cc2c(-c3c(Cl)c(Cl)c(Cl)c(Cl)c3CO)c3cc(I)c(O)c(I)c3oc-2c1I. The number of fused-ring (bicyclic) bond motifs is 2. The molecule has 0 fully saturated rings. The van der Waals surface area contributed by atoms with Gasteiger partial charge in [-0.05, 0) is 102 Å². The first kappa shape index (κ1) is 26.0. The van der Waals surface area contributed by atoms with Gasteiger partial charge in [-0.3, -0.25) is 4.79 Å². The maximum atomic E-state index is 12.7. The van der Waals surface area contributed by atoms with Crippen LogP contribution in [0.25, 0.3) is 33.4 Å². The highest BCUT2D eigenvalue weighted by Gasteiger charge is 2.30. The van der Waals surface area contributed by atoms with Gasteiger partial charge in [0.15, 0.2) is 11.3 Å². The lowest BCUT2D eigenvalue weighted by atomic mass is 9.90. The normalized spacial score (nSPS) is 11.7. The molecule has 0 atom stereocenters. The number of phenolic OH excluding ortho intramolecular Hbond substituents is 1. The molecule has 0 amide bonds. The number of rotatable bonds is 2. The van der Waals surface area contributed by atoms with Crippen LogP contribution in [0.1, 0.15) is 5.56 Å². The van der Waals surface area contributed by atoms with Crippen molar-refractivity contribution in [2.45, 2.75) is 6.61 Å². The van der Waals surface area contributed by atoms with E-state index in [9.17, 15) is 15.0 Å². The average molecular weight is 960 g/mol. The Morgan fingerprint density at radius 3 is 2.09 bits per heavy atom. The van der Waals surface area contributed by atoms with Crippen LogP contribution >= 0.6 is 137 Å². The van der Waals surface area contributed by atoms with E-state index >= 15 is 0 Å². The third-order valence-electron chi connectivity index (χ3n) is 4.80. The summed E-state index contributed by atoms with van der Waals surface area (Å²) in [5.74, 6) is 0.371. The molecule has 4 nitrogen and oxygen atoms in total. The molecule has 12 heteroatoms. The van der Waals surface area contributed by atoms with E-state index < -0.39 is 6.61 Å². The van der Waals surface area contributed by atoms with Gasteiger partial charge in [0.2, 0.25) is 5.43 Å². The fourth-order valence-electron chi connectivity index (χ4n) is 3.35. The molecule has 1 aliphatic carbocycles. The van der Waals surface area contributed by atoms with Crippen LogP contribution in [0.4, 0.5) is 0 Å².